The molecule has 1 fully saturated rings. The molecule has 116 valence electrons. The number of carbonyl (C=O) groups is 2. The quantitative estimate of drug-likeness (QED) is 0.895. The maximum Gasteiger partial charge on any atom is 0.254 e. The van der Waals surface area contributed by atoms with Crippen molar-refractivity contribution in [3.63, 3.8) is 0 Å². The molecule has 0 aromatic heterocycles. The minimum atomic E-state index is -0.577. The Morgan fingerprint density at radius 2 is 1.90 bits per heavy atom. The van der Waals surface area contributed by atoms with Gasteiger partial charge in [-0.05, 0) is 44.4 Å². The number of rotatable bonds is 3. The summed E-state index contributed by atoms with van der Waals surface area (Å²) >= 11 is 0. The maximum atomic E-state index is 12.4. The molecule has 0 spiro atoms. The molecule has 2 amide bonds. The number of hydrogen-bond acceptors (Lipinski definition) is 3. The number of nitrogens with zero attached hydrogens (tertiary/aromatic N) is 1. The van der Waals surface area contributed by atoms with Crippen molar-refractivity contribution in [2.45, 2.75) is 32.7 Å². The monoisotopic (exact) mass is 311 g/mol. The van der Waals surface area contributed by atoms with E-state index < -0.39 is 6.04 Å². The summed E-state index contributed by atoms with van der Waals surface area (Å²) in [6.07, 6.45) is 2.12. The number of likely N-dealkylation sites (tertiary alicyclic amines) is 1. The standard InChI is InChI=1S/C15H21N3O2.ClH/c1-10-12(15(20)18-8-3-4-9-18)6-5-7-13(10)17-14(19)11(2)16;/h5-7,11H,3-4,8-9,16H2,1-2H3,(H,17,19);1H/t11-;/m1./s1. The summed E-state index contributed by atoms with van der Waals surface area (Å²) in [6, 6.07) is 4.80. The third kappa shape index (κ3) is 3.95. The lowest BCUT2D eigenvalue weighted by molar-refractivity contribution is -0.117. The van der Waals surface area contributed by atoms with Gasteiger partial charge in [0, 0.05) is 24.3 Å². The molecule has 1 aliphatic rings. The number of carbonyl (C=O) groups excluding carboxylic acids is 2. The van der Waals surface area contributed by atoms with E-state index in [0.29, 0.717) is 11.3 Å². The van der Waals surface area contributed by atoms with E-state index in [1.165, 1.54) is 0 Å². The van der Waals surface area contributed by atoms with Crippen LogP contribution in [0.3, 0.4) is 0 Å². The number of amides is 2. The molecule has 1 aromatic rings. The van der Waals surface area contributed by atoms with E-state index in [1.54, 1.807) is 25.1 Å². The Morgan fingerprint density at radius 1 is 1.29 bits per heavy atom. The fourth-order valence-corrected chi connectivity index (χ4v) is 2.34. The molecular formula is C15H22ClN3O2. The Morgan fingerprint density at radius 3 is 2.48 bits per heavy atom. The normalized spacial score (nSPS) is 15.3. The zero-order valence-corrected chi connectivity index (χ0v) is 13.2. The van der Waals surface area contributed by atoms with Crippen LogP contribution in [0.25, 0.3) is 0 Å². The average molecular weight is 312 g/mol. The van der Waals surface area contributed by atoms with E-state index in [2.05, 4.69) is 5.32 Å². The van der Waals surface area contributed by atoms with Gasteiger partial charge in [0.25, 0.3) is 5.91 Å². The summed E-state index contributed by atoms with van der Waals surface area (Å²) < 4.78 is 0. The van der Waals surface area contributed by atoms with Gasteiger partial charge in [-0.1, -0.05) is 6.07 Å². The first kappa shape index (κ1) is 17.5. The number of nitrogens with two attached hydrogens (primary N) is 1. The van der Waals surface area contributed by atoms with E-state index >= 15 is 0 Å². The first-order valence-corrected chi connectivity index (χ1v) is 6.96. The van der Waals surface area contributed by atoms with Crippen LogP contribution in [0.15, 0.2) is 18.2 Å². The number of hydrogen-bond donors (Lipinski definition) is 2. The van der Waals surface area contributed by atoms with E-state index in [1.807, 2.05) is 11.8 Å². The highest BCUT2D eigenvalue weighted by Gasteiger charge is 2.22. The van der Waals surface area contributed by atoms with E-state index in [-0.39, 0.29) is 24.2 Å². The van der Waals surface area contributed by atoms with Crippen molar-refractivity contribution in [2.24, 2.45) is 5.73 Å². The Labute approximate surface area is 131 Å². The van der Waals surface area contributed by atoms with Crippen LogP contribution in [0.5, 0.6) is 0 Å². The molecule has 6 heteroatoms. The van der Waals surface area contributed by atoms with Gasteiger partial charge in [0.2, 0.25) is 5.91 Å². The smallest absolute Gasteiger partial charge is 0.254 e. The van der Waals surface area contributed by atoms with Crippen molar-refractivity contribution in [1.29, 1.82) is 0 Å². The van der Waals surface area contributed by atoms with Crippen molar-refractivity contribution in [3.8, 4) is 0 Å². The topological polar surface area (TPSA) is 75.4 Å². The minimum Gasteiger partial charge on any atom is -0.339 e. The lowest BCUT2D eigenvalue weighted by Crippen LogP contribution is -2.33. The molecule has 1 atom stereocenters. The zero-order valence-electron chi connectivity index (χ0n) is 12.4. The summed E-state index contributed by atoms with van der Waals surface area (Å²) in [5, 5.41) is 2.76. The molecule has 0 unspecified atom stereocenters. The second-order valence-electron chi connectivity index (χ2n) is 5.26. The molecule has 21 heavy (non-hydrogen) atoms. The lowest BCUT2D eigenvalue weighted by atomic mass is 10.1. The van der Waals surface area contributed by atoms with Gasteiger partial charge in [0.1, 0.15) is 0 Å². The van der Waals surface area contributed by atoms with Crippen LogP contribution in [-0.2, 0) is 4.79 Å². The molecule has 2 rings (SSSR count). The van der Waals surface area contributed by atoms with E-state index in [0.717, 1.165) is 31.5 Å². The highest BCUT2D eigenvalue weighted by molar-refractivity contribution is 6.00. The van der Waals surface area contributed by atoms with Crippen LogP contribution in [-0.4, -0.2) is 35.8 Å². The van der Waals surface area contributed by atoms with Gasteiger partial charge < -0.3 is 16.0 Å². The second kappa shape index (κ2) is 7.43. The molecule has 1 saturated heterocycles. The second-order valence-corrected chi connectivity index (χ2v) is 5.26. The van der Waals surface area contributed by atoms with Gasteiger partial charge in [0.05, 0.1) is 6.04 Å². The highest BCUT2D eigenvalue weighted by Crippen LogP contribution is 2.22. The number of halogens is 1. The van der Waals surface area contributed by atoms with Gasteiger partial charge in [-0.15, -0.1) is 12.4 Å². The Hall–Kier alpha value is -1.59. The van der Waals surface area contributed by atoms with Crippen LogP contribution in [0.4, 0.5) is 5.69 Å². The van der Waals surface area contributed by atoms with E-state index in [4.69, 9.17) is 5.73 Å². The summed E-state index contributed by atoms with van der Waals surface area (Å²) in [7, 11) is 0. The summed E-state index contributed by atoms with van der Waals surface area (Å²) in [5.74, 6) is -0.212. The summed E-state index contributed by atoms with van der Waals surface area (Å²) in [4.78, 5) is 26.0. The fraction of sp³-hybridized carbons (Fsp3) is 0.467. The Bertz CT molecular complexity index is 526. The van der Waals surface area contributed by atoms with Crippen molar-refractivity contribution in [3.05, 3.63) is 29.3 Å². The molecular weight excluding hydrogens is 290 g/mol. The molecule has 5 nitrogen and oxygen atoms in total. The van der Waals surface area contributed by atoms with Crippen molar-refractivity contribution in [2.75, 3.05) is 18.4 Å². The predicted molar refractivity (Wildman–Crippen MR) is 85.8 cm³/mol. The zero-order chi connectivity index (χ0) is 14.7. The minimum absolute atomic E-state index is 0. The largest absolute Gasteiger partial charge is 0.339 e. The molecule has 0 saturated carbocycles. The molecule has 0 aliphatic carbocycles. The number of benzene rings is 1. The molecule has 3 N–H and O–H groups in total. The summed E-state index contributed by atoms with van der Waals surface area (Å²) in [5.41, 5.74) is 7.63. The van der Waals surface area contributed by atoms with E-state index in [9.17, 15) is 9.59 Å². The number of anilines is 1. The van der Waals surface area contributed by atoms with Crippen LogP contribution in [0.2, 0.25) is 0 Å². The highest BCUT2D eigenvalue weighted by atomic mass is 35.5. The fourth-order valence-electron chi connectivity index (χ4n) is 2.34. The molecule has 1 aliphatic heterocycles. The van der Waals surface area contributed by atoms with Crippen LogP contribution >= 0.6 is 12.4 Å². The Kier molecular flexibility index (Phi) is 6.18. The van der Waals surface area contributed by atoms with Crippen molar-refractivity contribution < 1.29 is 9.59 Å². The van der Waals surface area contributed by atoms with Gasteiger partial charge >= 0.3 is 0 Å². The molecule has 1 heterocycles. The predicted octanol–water partition coefficient (Wildman–Crippen LogP) is 1.94. The van der Waals surface area contributed by atoms with Crippen LogP contribution in [0.1, 0.15) is 35.7 Å². The lowest BCUT2D eigenvalue weighted by Gasteiger charge is -2.18. The molecule has 1 aromatic carbocycles. The van der Waals surface area contributed by atoms with Crippen molar-refractivity contribution in [1.82, 2.24) is 4.90 Å². The average Bonchev–Trinajstić information content (AvgIpc) is 2.94. The van der Waals surface area contributed by atoms with Crippen LogP contribution in [0, 0.1) is 6.92 Å². The van der Waals surface area contributed by atoms with Gasteiger partial charge in [-0.2, -0.15) is 0 Å². The summed E-state index contributed by atoms with van der Waals surface area (Å²) in [6.45, 7) is 5.10. The van der Waals surface area contributed by atoms with Crippen molar-refractivity contribution >= 4 is 29.9 Å². The Balaban J connectivity index is 0.00000220. The molecule has 0 bridgehead atoms. The molecule has 0 radical (unpaired) electrons. The van der Waals surface area contributed by atoms with Gasteiger partial charge in [-0.3, -0.25) is 9.59 Å². The van der Waals surface area contributed by atoms with Gasteiger partial charge in [0.15, 0.2) is 0 Å². The third-order valence-corrected chi connectivity index (χ3v) is 3.63. The SMILES string of the molecule is Cc1c(NC(=O)[C@@H](C)N)cccc1C(=O)N1CCCC1.Cl. The first-order chi connectivity index (χ1) is 9.50. The first-order valence-electron chi connectivity index (χ1n) is 6.96. The third-order valence-electron chi connectivity index (χ3n) is 3.63. The number of nitrogens with one attached hydrogen (secondary N) is 1. The van der Waals surface area contributed by atoms with Crippen LogP contribution < -0.4 is 11.1 Å². The maximum absolute atomic E-state index is 12.4. The van der Waals surface area contributed by atoms with Gasteiger partial charge in [-0.25, -0.2) is 0 Å².